The topological polar surface area (TPSA) is 104 Å². The molecule has 2 aromatic carbocycles. The number of rotatable bonds is 11. The molecule has 1 aliphatic heterocycles. The molecule has 2 N–H and O–H groups in total. The number of hydrogen-bond donors (Lipinski definition) is 2. The number of piperazine rings is 1. The highest BCUT2D eigenvalue weighted by molar-refractivity contribution is 7.19. The highest BCUT2D eigenvalue weighted by atomic mass is 32.1. The number of methoxy groups -OCH3 is 1. The number of benzene rings is 2. The van der Waals surface area contributed by atoms with E-state index in [0.717, 1.165) is 72.1 Å². The number of ether oxygens (including phenoxy) is 2. The van der Waals surface area contributed by atoms with E-state index >= 15 is 0 Å². The number of nitrogens with one attached hydrogen (secondary N) is 1. The Morgan fingerprint density at radius 1 is 1.05 bits per heavy atom. The fraction of sp³-hybridized carbons (Fsp3) is 0.500. The van der Waals surface area contributed by atoms with E-state index in [-0.39, 0.29) is 29.0 Å². The minimum atomic E-state index is -0.360. The lowest BCUT2D eigenvalue weighted by atomic mass is 9.78. The first-order chi connectivity index (χ1) is 20.8. The summed E-state index contributed by atoms with van der Waals surface area (Å²) in [6.45, 7) is 17.2. The van der Waals surface area contributed by atoms with E-state index in [2.05, 4.69) is 67.7 Å². The summed E-state index contributed by atoms with van der Waals surface area (Å²) in [5.41, 5.74) is 3.52. The number of anilines is 2. The van der Waals surface area contributed by atoms with Gasteiger partial charge in [-0.1, -0.05) is 65.0 Å². The summed E-state index contributed by atoms with van der Waals surface area (Å²) >= 11 is 1.31. The zero-order valence-corrected chi connectivity index (χ0v) is 27.8. The van der Waals surface area contributed by atoms with Gasteiger partial charge in [0.05, 0.1) is 36.4 Å². The van der Waals surface area contributed by atoms with E-state index < -0.39 is 0 Å². The van der Waals surface area contributed by atoms with Crippen molar-refractivity contribution >= 4 is 34.5 Å². The van der Waals surface area contributed by atoms with Crippen LogP contribution >= 0.6 is 11.3 Å². The van der Waals surface area contributed by atoms with Crippen molar-refractivity contribution < 1.29 is 24.2 Å². The molecule has 0 atom stereocenters. The van der Waals surface area contributed by atoms with Crippen LogP contribution in [0.25, 0.3) is 10.4 Å². The highest BCUT2D eigenvalue weighted by Crippen LogP contribution is 2.44. The fourth-order valence-electron chi connectivity index (χ4n) is 5.48. The third-order valence-corrected chi connectivity index (χ3v) is 8.94. The second-order valence-corrected chi connectivity index (χ2v) is 14.2. The van der Waals surface area contributed by atoms with Crippen molar-refractivity contribution in [2.24, 2.45) is 0 Å². The monoisotopic (exact) mass is 622 g/mol. The molecular weight excluding hydrogens is 576 g/mol. The van der Waals surface area contributed by atoms with Gasteiger partial charge >= 0.3 is 5.97 Å². The smallest absolute Gasteiger partial charge is 0.311 e. The van der Waals surface area contributed by atoms with Crippen molar-refractivity contribution in [2.75, 3.05) is 56.7 Å². The van der Waals surface area contributed by atoms with Crippen molar-refractivity contribution in [3.8, 4) is 21.9 Å². The molecule has 9 nitrogen and oxygen atoms in total. The van der Waals surface area contributed by atoms with E-state index in [4.69, 9.17) is 9.47 Å². The largest absolute Gasteiger partial charge is 0.507 e. The lowest BCUT2D eigenvalue weighted by molar-refractivity contribution is -0.143. The van der Waals surface area contributed by atoms with Gasteiger partial charge in [0, 0.05) is 43.9 Å². The van der Waals surface area contributed by atoms with E-state index in [0.29, 0.717) is 23.8 Å². The minimum absolute atomic E-state index is 0.0134. The molecule has 0 unspecified atom stereocenters. The number of esters is 1. The van der Waals surface area contributed by atoms with Gasteiger partial charge in [0.15, 0.2) is 5.13 Å². The first-order valence-corrected chi connectivity index (χ1v) is 16.0. The van der Waals surface area contributed by atoms with Gasteiger partial charge in [0.2, 0.25) is 6.41 Å². The number of nitrogens with zero attached hydrogens (tertiary/aromatic N) is 3. The zero-order valence-electron chi connectivity index (χ0n) is 27.0. The van der Waals surface area contributed by atoms with E-state index in [9.17, 15) is 14.7 Å². The number of carbonyl (C=O) groups excluding carboxylic acids is 2. The molecule has 0 aliphatic carbocycles. The SMILES string of the molecule is COc1ccccc1N1CCN(CCCOC(=O)Cc2nc(NC=O)sc2-c2cc(C(C)(C)C)c(O)c(C(C)(C)C)c2)CC1. The van der Waals surface area contributed by atoms with Crippen LogP contribution in [0.3, 0.4) is 0 Å². The Kier molecular flexibility index (Phi) is 10.6. The Morgan fingerprint density at radius 2 is 1.68 bits per heavy atom. The van der Waals surface area contributed by atoms with Crippen LogP contribution in [0.2, 0.25) is 0 Å². The first kappa shape index (κ1) is 33.3. The summed E-state index contributed by atoms with van der Waals surface area (Å²) < 4.78 is 11.2. The van der Waals surface area contributed by atoms with Gasteiger partial charge in [-0.05, 0) is 47.1 Å². The number of carbonyl (C=O) groups is 2. The molecule has 1 saturated heterocycles. The Labute approximate surface area is 265 Å². The second-order valence-electron chi connectivity index (χ2n) is 13.2. The number of amides is 1. The Bertz CT molecular complexity index is 1410. The third kappa shape index (κ3) is 8.09. The normalized spacial score (nSPS) is 14.4. The van der Waals surface area contributed by atoms with Gasteiger partial charge in [-0.2, -0.15) is 0 Å². The average Bonchev–Trinajstić information content (AvgIpc) is 3.36. The molecule has 44 heavy (non-hydrogen) atoms. The summed E-state index contributed by atoms with van der Waals surface area (Å²) in [7, 11) is 1.70. The molecule has 0 saturated carbocycles. The molecule has 1 fully saturated rings. The van der Waals surface area contributed by atoms with Crippen molar-refractivity contribution in [3.05, 3.63) is 53.2 Å². The van der Waals surface area contributed by atoms with Crippen molar-refractivity contribution in [1.29, 1.82) is 0 Å². The van der Waals surface area contributed by atoms with Crippen LogP contribution in [0.5, 0.6) is 11.5 Å². The van der Waals surface area contributed by atoms with E-state index in [1.165, 1.54) is 11.3 Å². The van der Waals surface area contributed by atoms with Crippen LogP contribution in [0, 0.1) is 0 Å². The number of thiazole rings is 1. The molecular formula is C34H46N4O5S. The second kappa shape index (κ2) is 14.0. The van der Waals surface area contributed by atoms with E-state index in [1.54, 1.807) is 7.11 Å². The van der Waals surface area contributed by atoms with Crippen molar-refractivity contribution in [2.45, 2.75) is 65.2 Å². The van der Waals surface area contributed by atoms with Crippen LogP contribution in [-0.2, 0) is 31.6 Å². The van der Waals surface area contributed by atoms with E-state index in [1.807, 2.05) is 30.3 Å². The van der Waals surface area contributed by atoms with Crippen LogP contribution in [0.4, 0.5) is 10.8 Å². The zero-order chi connectivity index (χ0) is 32.1. The molecule has 0 bridgehead atoms. The van der Waals surface area contributed by atoms with Gasteiger partial charge in [0.1, 0.15) is 11.5 Å². The molecule has 10 heteroatoms. The maximum absolute atomic E-state index is 13.0. The Morgan fingerprint density at radius 3 is 2.27 bits per heavy atom. The maximum atomic E-state index is 13.0. The Hall–Kier alpha value is -3.63. The van der Waals surface area contributed by atoms with Crippen molar-refractivity contribution in [1.82, 2.24) is 9.88 Å². The summed E-state index contributed by atoms with van der Waals surface area (Å²) in [6.07, 6.45) is 1.31. The number of phenolic OH excluding ortho intramolecular Hbond substituents is 1. The summed E-state index contributed by atoms with van der Waals surface area (Å²) in [4.78, 5) is 34.2. The molecule has 0 spiro atoms. The third-order valence-electron chi connectivity index (χ3n) is 7.86. The van der Waals surface area contributed by atoms with Crippen molar-refractivity contribution in [3.63, 3.8) is 0 Å². The maximum Gasteiger partial charge on any atom is 0.311 e. The van der Waals surface area contributed by atoms with Gasteiger partial charge in [-0.15, -0.1) is 0 Å². The van der Waals surface area contributed by atoms with Gasteiger partial charge in [-0.3, -0.25) is 14.5 Å². The molecule has 1 aromatic heterocycles. The van der Waals surface area contributed by atoms with Gasteiger partial charge < -0.3 is 24.8 Å². The molecule has 1 amide bonds. The molecule has 3 aromatic rings. The molecule has 4 rings (SSSR count). The average molecular weight is 623 g/mol. The van der Waals surface area contributed by atoms with Crippen LogP contribution in [-0.4, -0.2) is 73.8 Å². The number of hydrogen-bond acceptors (Lipinski definition) is 9. The highest BCUT2D eigenvalue weighted by Gasteiger charge is 2.28. The molecule has 2 heterocycles. The van der Waals surface area contributed by atoms with Crippen LogP contribution < -0.4 is 15.0 Å². The number of phenols is 1. The lowest BCUT2D eigenvalue weighted by Gasteiger charge is -2.36. The van der Waals surface area contributed by atoms with Crippen LogP contribution in [0.15, 0.2) is 36.4 Å². The minimum Gasteiger partial charge on any atom is -0.507 e. The molecule has 1 aliphatic rings. The van der Waals surface area contributed by atoms with Crippen LogP contribution in [0.1, 0.15) is 64.8 Å². The lowest BCUT2D eigenvalue weighted by Crippen LogP contribution is -2.46. The Balaban J connectivity index is 1.39. The molecule has 238 valence electrons. The summed E-state index contributed by atoms with van der Waals surface area (Å²) in [5, 5.41) is 14.2. The number of aromatic nitrogens is 1. The summed E-state index contributed by atoms with van der Waals surface area (Å²) in [6, 6.07) is 12.0. The van der Waals surface area contributed by atoms with Gasteiger partial charge in [-0.25, -0.2) is 4.98 Å². The molecule has 0 radical (unpaired) electrons. The standard InChI is InChI=1S/C34H46N4O5S/c1-33(2,3)24-19-23(20-25(30(24)41)34(4,5)6)31-26(36-32(44-31)35-22-39)21-29(40)43-18-10-13-37-14-16-38(17-15-37)27-11-8-9-12-28(27)42-7/h8-9,11-12,19-20,22,41H,10,13-18,21H2,1-7H3,(H,35,36,39). The fourth-order valence-corrected chi connectivity index (χ4v) is 6.41. The predicted molar refractivity (Wildman–Crippen MR) is 177 cm³/mol. The first-order valence-electron chi connectivity index (χ1n) is 15.2. The number of aromatic hydroxyl groups is 1. The predicted octanol–water partition coefficient (Wildman–Crippen LogP) is 5.99. The quantitative estimate of drug-likeness (QED) is 0.153. The number of para-hydroxylation sites is 2. The van der Waals surface area contributed by atoms with Gasteiger partial charge in [0.25, 0.3) is 0 Å². The summed E-state index contributed by atoms with van der Waals surface area (Å²) in [5.74, 6) is 0.813.